The van der Waals surface area contributed by atoms with Crippen LogP contribution in [-0.4, -0.2) is 16.0 Å². The molecule has 118 valence electrons. The summed E-state index contributed by atoms with van der Waals surface area (Å²) in [6.07, 6.45) is 1.48. The molecule has 2 amide bonds. The van der Waals surface area contributed by atoms with Crippen LogP contribution >= 0.6 is 11.3 Å². The first-order chi connectivity index (χ1) is 11.6. The Bertz CT molecular complexity index is 1090. The number of hydrogen-bond acceptors (Lipinski definition) is 5. The van der Waals surface area contributed by atoms with Crippen LogP contribution in [0.3, 0.4) is 0 Å². The number of benzene rings is 2. The monoisotopic (exact) mass is 335 g/mol. The maximum absolute atomic E-state index is 11.0. The Kier molecular flexibility index (Phi) is 3.28. The average Bonchev–Trinajstić information content (AvgIpc) is 2.94. The number of urea groups is 1. The van der Waals surface area contributed by atoms with Crippen LogP contribution in [0.2, 0.25) is 0 Å². The number of primary amides is 1. The summed E-state index contributed by atoms with van der Waals surface area (Å²) in [5.74, 6) is 0.496. The Labute approximate surface area is 141 Å². The van der Waals surface area contributed by atoms with Crippen molar-refractivity contribution in [3.05, 3.63) is 48.8 Å². The predicted octanol–water partition coefficient (Wildman–Crippen LogP) is 3.58. The Morgan fingerprint density at radius 1 is 1.08 bits per heavy atom. The van der Waals surface area contributed by atoms with Gasteiger partial charge in [0, 0.05) is 15.8 Å². The lowest BCUT2D eigenvalue weighted by Crippen LogP contribution is -2.19. The van der Waals surface area contributed by atoms with Crippen LogP contribution in [0, 0.1) is 0 Å². The molecule has 5 N–H and O–H groups in total. The van der Waals surface area contributed by atoms with Crippen LogP contribution in [0.4, 0.5) is 16.3 Å². The molecule has 0 saturated heterocycles. The molecule has 0 unspecified atom stereocenters. The van der Waals surface area contributed by atoms with Crippen molar-refractivity contribution in [2.24, 2.45) is 5.73 Å². The number of hydrogen-bond donors (Lipinski definition) is 3. The third-order valence-electron chi connectivity index (χ3n) is 3.74. The van der Waals surface area contributed by atoms with E-state index in [2.05, 4.69) is 21.4 Å². The summed E-state index contributed by atoms with van der Waals surface area (Å²) in [7, 11) is 0. The molecule has 0 atom stereocenters. The van der Waals surface area contributed by atoms with Gasteiger partial charge in [0.1, 0.15) is 12.1 Å². The molecule has 6 nitrogen and oxygen atoms in total. The van der Waals surface area contributed by atoms with E-state index in [4.69, 9.17) is 11.5 Å². The summed E-state index contributed by atoms with van der Waals surface area (Å²) >= 11 is 1.57. The van der Waals surface area contributed by atoms with Gasteiger partial charge in [-0.15, -0.1) is 11.3 Å². The van der Waals surface area contributed by atoms with E-state index in [1.165, 1.54) is 6.33 Å². The highest BCUT2D eigenvalue weighted by molar-refractivity contribution is 7.26. The van der Waals surface area contributed by atoms with E-state index < -0.39 is 6.03 Å². The van der Waals surface area contributed by atoms with Crippen molar-refractivity contribution in [2.45, 2.75) is 0 Å². The predicted molar refractivity (Wildman–Crippen MR) is 98.0 cm³/mol. The van der Waals surface area contributed by atoms with E-state index in [-0.39, 0.29) is 0 Å². The molecule has 0 spiro atoms. The van der Waals surface area contributed by atoms with Crippen molar-refractivity contribution in [3.63, 3.8) is 0 Å². The number of nitrogens with zero attached hydrogens (tertiary/aromatic N) is 2. The fraction of sp³-hybridized carbons (Fsp3) is 0. The topological polar surface area (TPSA) is 107 Å². The number of carbonyl (C=O) groups is 1. The molecule has 0 saturated carbocycles. The second kappa shape index (κ2) is 5.47. The number of nitrogen functional groups attached to an aromatic ring is 1. The number of anilines is 2. The van der Waals surface area contributed by atoms with Crippen LogP contribution in [0.1, 0.15) is 0 Å². The average molecular weight is 335 g/mol. The van der Waals surface area contributed by atoms with E-state index in [0.29, 0.717) is 11.5 Å². The van der Waals surface area contributed by atoms with Gasteiger partial charge in [-0.05, 0) is 29.3 Å². The van der Waals surface area contributed by atoms with E-state index in [9.17, 15) is 4.79 Å². The van der Waals surface area contributed by atoms with Crippen molar-refractivity contribution in [1.29, 1.82) is 0 Å². The summed E-state index contributed by atoms with van der Waals surface area (Å²) in [6.45, 7) is 0. The fourth-order valence-corrected chi connectivity index (χ4v) is 3.79. The largest absolute Gasteiger partial charge is 0.382 e. The first-order valence-corrected chi connectivity index (χ1v) is 8.03. The zero-order valence-corrected chi connectivity index (χ0v) is 13.3. The third kappa shape index (κ3) is 2.40. The second-order valence-corrected chi connectivity index (χ2v) is 6.37. The van der Waals surface area contributed by atoms with Crippen molar-refractivity contribution in [1.82, 2.24) is 9.97 Å². The quantitative estimate of drug-likeness (QED) is 0.520. The molecule has 2 heterocycles. The summed E-state index contributed by atoms with van der Waals surface area (Å²) in [6, 6.07) is 13.1. The Morgan fingerprint density at radius 2 is 1.92 bits per heavy atom. The molecule has 0 radical (unpaired) electrons. The van der Waals surface area contributed by atoms with Crippen LogP contribution in [0.25, 0.3) is 31.4 Å². The minimum Gasteiger partial charge on any atom is -0.382 e. The minimum absolute atomic E-state index is 0.496. The van der Waals surface area contributed by atoms with Gasteiger partial charge in [-0.25, -0.2) is 14.8 Å². The highest BCUT2D eigenvalue weighted by Crippen LogP contribution is 2.37. The molecule has 0 aliphatic rings. The minimum atomic E-state index is -0.582. The van der Waals surface area contributed by atoms with E-state index >= 15 is 0 Å². The van der Waals surface area contributed by atoms with Gasteiger partial charge in [-0.3, -0.25) is 0 Å². The van der Waals surface area contributed by atoms with Crippen LogP contribution in [-0.2, 0) is 0 Å². The Morgan fingerprint density at radius 3 is 2.75 bits per heavy atom. The highest BCUT2D eigenvalue weighted by atomic mass is 32.1. The fourth-order valence-electron chi connectivity index (χ4n) is 2.69. The molecule has 0 aliphatic carbocycles. The summed E-state index contributed by atoms with van der Waals surface area (Å²) < 4.78 is 1.98. The third-order valence-corrected chi connectivity index (χ3v) is 4.91. The number of amides is 2. The van der Waals surface area contributed by atoms with E-state index in [0.717, 1.165) is 31.4 Å². The number of aromatic nitrogens is 2. The summed E-state index contributed by atoms with van der Waals surface area (Å²) in [5.41, 5.74) is 14.7. The zero-order chi connectivity index (χ0) is 16.7. The molecule has 4 aromatic rings. The van der Waals surface area contributed by atoms with Crippen molar-refractivity contribution in [2.75, 3.05) is 11.1 Å². The number of fused-ring (bicyclic) bond motifs is 3. The Hall–Kier alpha value is -3.19. The van der Waals surface area contributed by atoms with Crippen molar-refractivity contribution < 1.29 is 4.79 Å². The van der Waals surface area contributed by atoms with E-state index in [1.54, 1.807) is 17.4 Å². The molecule has 4 rings (SSSR count). The van der Waals surface area contributed by atoms with Crippen LogP contribution in [0.15, 0.2) is 48.8 Å². The SMILES string of the molecule is NC(=O)Nc1cccc(-c2ccc3c(c2)sc2c(N)ncnc23)c1. The number of nitrogens with two attached hydrogens (primary N) is 2. The lowest BCUT2D eigenvalue weighted by molar-refractivity contribution is 0.259. The maximum atomic E-state index is 11.0. The summed E-state index contributed by atoms with van der Waals surface area (Å²) in [4.78, 5) is 19.4. The Balaban J connectivity index is 1.85. The maximum Gasteiger partial charge on any atom is 0.316 e. The van der Waals surface area contributed by atoms with Gasteiger partial charge >= 0.3 is 6.03 Å². The van der Waals surface area contributed by atoms with Gasteiger partial charge in [0.2, 0.25) is 0 Å². The molecule has 24 heavy (non-hydrogen) atoms. The van der Waals surface area contributed by atoms with Gasteiger partial charge in [-0.1, -0.05) is 24.3 Å². The van der Waals surface area contributed by atoms with Crippen molar-refractivity contribution >= 4 is 49.2 Å². The molecule has 2 aromatic heterocycles. The van der Waals surface area contributed by atoms with Gasteiger partial charge in [0.15, 0.2) is 0 Å². The number of rotatable bonds is 2. The molecule has 7 heteroatoms. The normalized spacial score (nSPS) is 11.0. The molecule has 0 fully saturated rings. The summed E-state index contributed by atoms with van der Waals surface area (Å²) in [5, 5.41) is 3.64. The number of carbonyl (C=O) groups excluding carboxylic acids is 1. The molecule has 2 aromatic carbocycles. The van der Waals surface area contributed by atoms with Gasteiger partial charge in [0.05, 0.1) is 10.2 Å². The number of nitrogens with one attached hydrogen (secondary N) is 1. The van der Waals surface area contributed by atoms with Crippen molar-refractivity contribution in [3.8, 4) is 11.1 Å². The first kappa shape index (κ1) is 14.4. The second-order valence-electron chi connectivity index (χ2n) is 5.32. The zero-order valence-electron chi connectivity index (χ0n) is 12.5. The van der Waals surface area contributed by atoms with Crippen LogP contribution < -0.4 is 16.8 Å². The van der Waals surface area contributed by atoms with Crippen LogP contribution in [0.5, 0.6) is 0 Å². The number of thiophene rings is 1. The van der Waals surface area contributed by atoms with E-state index in [1.807, 2.05) is 30.3 Å². The highest BCUT2D eigenvalue weighted by Gasteiger charge is 2.10. The first-order valence-electron chi connectivity index (χ1n) is 7.21. The smallest absolute Gasteiger partial charge is 0.316 e. The van der Waals surface area contributed by atoms with Gasteiger partial charge < -0.3 is 16.8 Å². The lowest BCUT2D eigenvalue weighted by atomic mass is 10.0. The molecular weight excluding hydrogens is 322 g/mol. The molecular formula is C17H13N5OS. The van der Waals surface area contributed by atoms with Gasteiger partial charge in [0.25, 0.3) is 0 Å². The molecule has 0 aliphatic heterocycles. The van der Waals surface area contributed by atoms with Gasteiger partial charge in [-0.2, -0.15) is 0 Å². The lowest BCUT2D eigenvalue weighted by Gasteiger charge is -2.06. The molecule has 0 bridgehead atoms. The standard InChI is InChI=1S/C17H13N5OS/c18-16-15-14(20-8-21-16)12-5-4-10(7-13(12)24-15)9-2-1-3-11(6-9)22-17(19)23/h1-8H,(H2,18,20,21)(H3,19,22,23).